The first-order chi connectivity index (χ1) is 54.9. The summed E-state index contributed by atoms with van der Waals surface area (Å²) in [6.45, 7) is 49.7. The van der Waals surface area contributed by atoms with E-state index in [0.29, 0.717) is 0 Å². The van der Waals surface area contributed by atoms with Crippen molar-refractivity contribution in [3.8, 4) is 66.8 Å². The third kappa shape index (κ3) is 10.6. The van der Waals surface area contributed by atoms with E-state index in [2.05, 4.69) is 428 Å². The lowest BCUT2D eigenvalue weighted by Crippen LogP contribution is -2.18. The molecular weight excluding hydrogens is 1400 g/mol. The zero-order valence-electron chi connectivity index (χ0n) is 71.9. The normalized spacial score (nSPS) is 16.2. The van der Waals surface area contributed by atoms with Crippen molar-refractivity contribution in [1.29, 1.82) is 0 Å². The van der Waals surface area contributed by atoms with Gasteiger partial charge in [0, 0.05) is 66.3 Å². The number of hydrogen-bond acceptors (Lipinski definition) is 2. The summed E-state index contributed by atoms with van der Waals surface area (Å²) in [6.07, 6.45) is 0. The van der Waals surface area contributed by atoms with Gasteiger partial charge in [-0.2, -0.15) is 0 Å². The third-order valence-electron chi connectivity index (χ3n) is 28.8. The predicted molar refractivity (Wildman–Crippen MR) is 496 cm³/mol. The quantitative estimate of drug-likeness (QED) is 0.164. The summed E-state index contributed by atoms with van der Waals surface area (Å²) in [7, 11) is 0. The largest absolute Gasteiger partial charge is 0.310 e. The highest BCUT2D eigenvalue weighted by atomic mass is 15.1. The molecule has 0 radical (unpaired) electrons. The number of fused-ring (bicyclic) bond motifs is 24. The highest BCUT2D eigenvalue weighted by molar-refractivity contribution is 6.11. The smallest absolute Gasteiger partial charge is 0.0543 e. The summed E-state index contributed by atoms with van der Waals surface area (Å²) < 4.78 is 0. The molecule has 0 saturated heterocycles. The Bertz CT molecular complexity index is 6440. The zero-order chi connectivity index (χ0) is 81.0. The molecule has 0 unspecified atom stereocenters. The molecule has 6 aliphatic carbocycles. The Balaban J connectivity index is 0.000000157. The second-order valence-corrected chi connectivity index (χ2v) is 40.9. The van der Waals surface area contributed by atoms with Crippen molar-refractivity contribution in [2.24, 2.45) is 0 Å². The lowest BCUT2D eigenvalue weighted by Gasteiger charge is -2.31. The van der Waals surface area contributed by atoms with E-state index < -0.39 is 0 Å². The van der Waals surface area contributed by atoms with E-state index in [0.717, 1.165) is 0 Å². The van der Waals surface area contributed by atoms with Crippen LogP contribution in [0.4, 0.5) is 34.1 Å². The molecule has 0 heterocycles. The number of rotatable bonds is 6. The fourth-order valence-electron chi connectivity index (χ4n) is 21.9. The van der Waals surface area contributed by atoms with Crippen LogP contribution in [0, 0.1) is 0 Å². The first-order valence-corrected chi connectivity index (χ1v) is 42.5. The van der Waals surface area contributed by atoms with Gasteiger partial charge in [0.25, 0.3) is 0 Å². The number of benzene rings is 15. The molecule has 0 bridgehead atoms. The molecule has 2 nitrogen and oxygen atoms in total. The molecule has 0 amide bonds. The Labute approximate surface area is 689 Å². The second kappa shape index (κ2) is 24.6. The van der Waals surface area contributed by atoms with Crippen LogP contribution in [0.5, 0.6) is 0 Å². The molecule has 0 aliphatic heterocycles. The van der Waals surface area contributed by atoms with Crippen molar-refractivity contribution >= 4 is 66.4 Å². The molecule has 116 heavy (non-hydrogen) atoms. The number of nitrogens with zero attached hydrogens (tertiary/aromatic N) is 2. The zero-order valence-corrected chi connectivity index (χ0v) is 71.9. The van der Waals surface area contributed by atoms with Crippen LogP contribution < -0.4 is 9.80 Å². The molecular formula is C114H108N2. The Morgan fingerprint density at radius 2 is 0.474 bits per heavy atom. The SMILES string of the molecule is CC(C)(C)c1ccc(N(c2ccc(C(C)(C)C)cc2)c2cc3c(c4ccccc24)-c2cc4c(cc2C3(C)C)-c2ccccc2C4(C)C)cc1.CC(C)(C)c1ccc(N(c2ccc3c(c2)C(C)(C)c2cc4c(cc2-3)C(C)(C)c2ccc3ccccc3c2-4)c2ccc3c(c2)C(C)(C)c2cc4c(cc2-3)C(C)(C)c2ccc3ccccc3c2-4)cc1. The Hall–Kier alpha value is -11.3. The van der Waals surface area contributed by atoms with Crippen molar-refractivity contribution in [2.45, 2.75) is 194 Å². The average Bonchev–Trinajstić information content (AvgIpc) is 1.54. The molecule has 15 aromatic rings. The van der Waals surface area contributed by atoms with Crippen LogP contribution >= 0.6 is 0 Å². The minimum absolute atomic E-state index is 0.0428. The molecule has 0 aromatic heterocycles. The van der Waals surface area contributed by atoms with Gasteiger partial charge in [-0.3, -0.25) is 0 Å². The molecule has 2 heteroatoms. The number of hydrogen-bond donors (Lipinski definition) is 0. The summed E-state index contributed by atoms with van der Waals surface area (Å²) >= 11 is 0. The first-order valence-electron chi connectivity index (χ1n) is 42.5. The van der Waals surface area contributed by atoms with E-state index in [1.807, 2.05) is 0 Å². The summed E-state index contributed by atoms with van der Waals surface area (Å²) in [6, 6.07) is 106. The third-order valence-corrected chi connectivity index (χ3v) is 28.8. The van der Waals surface area contributed by atoms with Crippen molar-refractivity contribution in [3.05, 3.63) is 356 Å². The van der Waals surface area contributed by atoms with E-state index in [9.17, 15) is 0 Å². The van der Waals surface area contributed by atoms with Crippen molar-refractivity contribution in [3.63, 3.8) is 0 Å². The second-order valence-electron chi connectivity index (χ2n) is 40.9. The van der Waals surface area contributed by atoms with Crippen molar-refractivity contribution in [2.75, 3.05) is 9.80 Å². The van der Waals surface area contributed by atoms with Gasteiger partial charge in [0.1, 0.15) is 0 Å². The van der Waals surface area contributed by atoms with E-state index >= 15 is 0 Å². The first kappa shape index (κ1) is 73.6. The maximum Gasteiger partial charge on any atom is 0.0543 e. The summed E-state index contributed by atoms with van der Waals surface area (Å²) in [5.41, 5.74) is 44.2. The van der Waals surface area contributed by atoms with E-state index in [1.165, 1.54) is 217 Å². The van der Waals surface area contributed by atoms with Crippen LogP contribution in [0.15, 0.2) is 273 Å². The average molecular weight is 1510 g/mol. The van der Waals surface area contributed by atoms with Gasteiger partial charge in [-0.1, -0.05) is 315 Å². The lowest BCUT2D eigenvalue weighted by molar-refractivity contribution is 0.590. The Morgan fingerprint density at radius 3 is 0.879 bits per heavy atom. The van der Waals surface area contributed by atoms with Crippen molar-refractivity contribution in [1.82, 2.24) is 0 Å². The van der Waals surface area contributed by atoms with Crippen LogP contribution in [0.1, 0.15) is 229 Å². The van der Waals surface area contributed by atoms with E-state index in [1.54, 1.807) is 0 Å². The van der Waals surface area contributed by atoms with Gasteiger partial charge in [0.05, 0.1) is 5.69 Å². The van der Waals surface area contributed by atoms with E-state index in [4.69, 9.17) is 0 Å². The maximum absolute atomic E-state index is 2.56. The minimum Gasteiger partial charge on any atom is -0.310 e. The fourth-order valence-corrected chi connectivity index (χ4v) is 21.9. The van der Waals surface area contributed by atoms with Gasteiger partial charge < -0.3 is 9.80 Å². The summed E-state index contributed by atoms with van der Waals surface area (Å²) in [5.74, 6) is 0. The molecule has 0 N–H and O–H groups in total. The van der Waals surface area contributed by atoms with Crippen LogP contribution in [-0.2, 0) is 48.7 Å². The summed E-state index contributed by atoms with van der Waals surface area (Å²) in [5, 5.41) is 7.90. The van der Waals surface area contributed by atoms with Crippen LogP contribution in [-0.4, -0.2) is 0 Å². The molecule has 0 fully saturated rings. The monoisotopic (exact) mass is 1500 g/mol. The lowest BCUT2D eigenvalue weighted by atomic mass is 9.79. The Kier molecular flexibility index (Phi) is 15.6. The van der Waals surface area contributed by atoms with E-state index in [-0.39, 0.29) is 48.7 Å². The molecule has 0 spiro atoms. The highest BCUT2D eigenvalue weighted by Crippen LogP contribution is 2.63. The van der Waals surface area contributed by atoms with Gasteiger partial charge in [-0.05, 0) is 297 Å². The molecule has 574 valence electrons. The molecule has 15 aromatic carbocycles. The number of anilines is 6. The van der Waals surface area contributed by atoms with Crippen LogP contribution in [0.2, 0.25) is 0 Å². The van der Waals surface area contributed by atoms with Gasteiger partial charge in [-0.25, -0.2) is 0 Å². The molecule has 0 saturated carbocycles. The van der Waals surface area contributed by atoms with Gasteiger partial charge in [0.15, 0.2) is 0 Å². The fraction of sp³-hybridized carbons (Fsp3) is 0.263. The van der Waals surface area contributed by atoms with Crippen LogP contribution in [0.25, 0.3) is 99.1 Å². The van der Waals surface area contributed by atoms with Crippen molar-refractivity contribution < 1.29 is 0 Å². The maximum atomic E-state index is 2.56. The minimum atomic E-state index is -0.200. The van der Waals surface area contributed by atoms with Crippen LogP contribution in [0.3, 0.4) is 0 Å². The highest BCUT2D eigenvalue weighted by Gasteiger charge is 2.47. The molecule has 0 atom stereocenters. The van der Waals surface area contributed by atoms with Gasteiger partial charge in [-0.15, -0.1) is 0 Å². The standard InChI is InChI=1S/C66H59N.C48H49N/c1-62(2,3)40-22-24-41(25-23-40)67(42-26-28-46-48-34-58-50(36-56(48)65(8,9)54(46)32-42)60-44-18-14-12-16-38(44)20-30-52(60)63(58,4)5)43-27-29-47-49-35-59-51(37-57(49)66(10,11)55(47)33-43)61-45-19-15-13-17-39(45)21-31-53(61)64(59,6)7;1-45(2,3)30-19-23-32(24-20-30)49(33-25-21-31(22-26-33)46(4,5)6)43-29-42-44(36-17-12-11-16-35(36)43)38-28-40-37(27-41(38)48(42,9)10)34-15-13-14-18-39(34)47(40,7)8/h12-37H,1-11H3;11-29H,1-10H3. The van der Waals surface area contributed by atoms with Gasteiger partial charge in [0.2, 0.25) is 0 Å². The predicted octanol–water partition coefficient (Wildman–Crippen LogP) is 31.5. The summed E-state index contributed by atoms with van der Waals surface area (Å²) in [4.78, 5) is 5.00. The topological polar surface area (TPSA) is 6.48 Å². The Morgan fingerprint density at radius 1 is 0.190 bits per heavy atom. The van der Waals surface area contributed by atoms with Gasteiger partial charge >= 0.3 is 0 Å². The molecule has 21 rings (SSSR count). The molecule has 6 aliphatic rings.